The van der Waals surface area contributed by atoms with Gasteiger partial charge in [-0.3, -0.25) is 0 Å². The van der Waals surface area contributed by atoms with Crippen LogP contribution < -0.4 is 0 Å². The van der Waals surface area contributed by atoms with Crippen molar-refractivity contribution in [1.82, 2.24) is 19.5 Å². The van der Waals surface area contributed by atoms with Crippen LogP contribution in [0.25, 0.3) is 11.2 Å². The van der Waals surface area contributed by atoms with Crippen LogP contribution in [0.15, 0.2) is 6.20 Å². The number of rotatable bonds is 0. The maximum Gasteiger partial charge on any atom is 0.224 e. The number of nitrogens with one attached hydrogen (secondary N) is 1. The molecule has 0 aromatic carbocycles. The first-order chi connectivity index (χ1) is 5.68. The van der Waals surface area contributed by atoms with Crippen molar-refractivity contribution in [3.8, 4) is 0 Å². The van der Waals surface area contributed by atoms with Gasteiger partial charge in [0.2, 0.25) is 5.28 Å². The number of imidazole rings is 1. The molecule has 0 atom stereocenters. The third kappa shape index (κ3) is 1.02. The lowest BCUT2D eigenvalue weighted by atomic mass is 10.6. The summed E-state index contributed by atoms with van der Waals surface area (Å²) in [6.45, 7) is 0. The molecule has 0 aliphatic heterocycles. The Balaban J connectivity index is 2.98. The molecule has 4 nitrogen and oxygen atoms in total. The van der Waals surface area contributed by atoms with Gasteiger partial charge < -0.3 is 9.55 Å². The molecule has 2 rings (SSSR count). The zero-order chi connectivity index (χ0) is 8.72. The van der Waals surface area contributed by atoms with E-state index < -0.39 is 0 Å². The Morgan fingerprint density at radius 2 is 2.42 bits per heavy atom. The van der Waals surface area contributed by atoms with Gasteiger partial charge in [0.15, 0.2) is 10.4 Å². The number of nitrogens with zero attached hydrogens (tertiary/aromatic N) is 3. The Hall–Kier alpha value is -0.940. The molecular formula is C6H5ClN4S. The highest BCUT2D eigenvalue weighted by molar-refractivity contribution is 7.71. The quantitative estimate of drug-likeness (QED) is 0.520. The Morgan fingerprint density at radius 1 is 1.67 bits per heavy atom. The van der Waals surface area contributed by atoms with Crippen LogP contribution in [0.1, 0.15) is 0 Å². The third-order valence-corrected chi connectivity index (χ3v) is 2.16. The van der Waals surface area contributed by atoms with E-state index >= 15 is 0 Å². The molecule has 0 amide bonds. The summed E-state index contributed by atoms with van der Waals surface area (Å²) in [7, 11) is 1.82. The van der Waals surface area contributed by atoms with Crippen molar-refractivity contribution < 1.29 is 0 Å². The number of hydrogen-bond donors (Lipinski definition) is 1. The fourth-order valence-corrected chi connectivity index (χ4v) is 1.32. The number of aromatic nitrogens is 4. The Bertz CT molecular complexity index is 486. The first-order valence-corrected chi connectivity index (χ1v) is 4.04. The molecule has 2 aromatic rings. The Labute approximate surface area is 78.2 Å². The van der Waals surface area contributed by atoms with Crippen LogP contribution in [0, 0.1) is 4.77 Å². The highest BCUT2D eigenvalue weighted by Gasteiger charge is 2.02. The lowest BCUT2D eigenvalue weighted by molar-refractivity contribution is 0.909. The summed E-state index contributed by atoms with van der Waals surface area (Å²) in [5, 5.41) is 0.229. The molecule has 2 aromatic heterocycles. The van der Waals surface area contributed by atoms with E-state index in [0.29, 0.717) is 4.77 Å². The van der Waals surface area contributed by atoms with Crippen LogP contribution in [0.4, 0.5) is 0 Å². The van der Waals surface area contributed by atoms with Gasteiger partial charge in [0.05, 0.1) is 6.20 Å². The summed E-state index contributed by atoms with van der Waals surface area (Å²) < 4.78 is 2.36. The molecule has 0 unspecified atom stereocenters. The number of aryl methyl sites for hydroxylation is 1. The van der Waals surface area contributed by atoms with Gasteiger partial charge in [-0.15, -0.1) is 0 Å². The summed E-state index contributed by atoms with van der Waals surface area (Å²) in [6, 6.07) is 0. The van der Waals surface area contributed by atoms with Crippen LogP contribution in [0.2, 0.25) is 5.28 Å². The van der Waals surface area contributed by atoms with Gasteiger partial charge in [0.25, 0.3) is 0 Å². The fraction of sp³-hybridized carbons (Fsp3) is 0.167. The summed E-state index contributed by atoms with van der Waals surface area (Å²) in [5.74, 6) is 0. The SMILES string of the molecule is Cn1c(=S)[nH]c2cnc(Cl)nc21. The van der Waals surface area contributed by atoms with E-state index in [4.69, 9.17) is 23.8 Å². The zero-order valence-corrected chi connectivity index (χ0v) is 7.78. The van der Waals surface area contributed by atoms with Crippen LogP contribution in [-0.2, 0) is 7.05 Å². The molecule has 0 fully saturated rings. The van der Waals surface area contributed by atoms with Crippen molar-refractivity contribution >= 4 is 35.0 Å². The van der Waals surface area contributed by atoms with Crippen molar-refractivity contribution in [3.05, 3.63) is 16.3 Å². The van der Waals surface area contributed by atoms with Crippen LogP contribution in [-0.4, -0.2) is 19.5 Å². The van der Waals surface area contributed by atoms with E-state index in [-0.39, 0.29) is 5.28 Å². The summed E-state index contributed by atoms with van der Waals surface area (Å²) in [5.41, 5.74) is 1.52. The second-order valence-electron chi connectivity index (χ2n) is 2.37. The molecule has 0 aliphatic carbocycles. The van der Waals surface area contributed by atoms with Gasteiger partial charge >= 0.3 is 0 Å². The van der Waals surface area contributed by atoms with Crippen molar-refractivity contribution in [3.63, 3.8) is 0 Å². The molecular weight excluding hydrogens is 196 g/mol. The van der Waals surface area contributed by atoms with Crippen molar-refractivity contribution in [1.29, 1.82) is 0 Å². The highest BCUT2D eigenvalue weighted by atomic mass is 35.5. The molecule has 0 saturated carbocycles. The topological polar surface area (TPSA) is 46.5 Å². The van der Waals surface area contributed by atoms with Gasteiger partial charge in [0.1, 0.15) is 5.52 Å². The van der Waals surface area contributed by atoms with Gasteiger partial charge in [-0.25, -0.2) is 4.98 Å². The molecule has 6 heteroatoms. The number of halogens is 1. The molecule has 12 heavy (non-hydrogen) atoms. The molecule has 0 radical (unpaired) electrons. The van der Waals surface area contributed by atoms with Crippen molar-refractivity contribution in [2.45, 2.75) is 0 Å². The van der Waals surface area contributed by atoms with Crippen molar-refractivity contribution in [2.75, 3.05) is 0 Å². The normalized spacial score (nSPS) is 10.8. The average Bonchev–Trinajstić information content (AvgIpc) is 2.31. The van der Waals surface area contributed by atoms with E-state index in [1.807, 2.05) is 7.05 Å². The minimum Gasteiger partial charge on any atom is -0.328 e. The fourth-order valence-electron chi connectivity index (χ4n) is 0.991. The number of H-pyrrole nitrogens is 1. The summed E-state index contributed by atoms with van der Waals surface area (Å²) in [6.07, 6.45) is 1.61. The number of aromatic amines is 1. The molecule has 62 valence electrons. The lowest BCUT2D eigenvalue weighted by Crippen LogP contribution is -1.90. The summed E-state index contributed by atoms with van der Waals surface area (Å²) >= 11 is 10.6. The highest BCUT2D eigenvalue weighted by Crippen LogP contribution is 2.10. The Kier molecular flexibility index (Phi) is 1.62. The first-order valence-electron chi connectivity index (χ1n) is 3.26. The third-order valence-electron chi connectivity index (χ3n) is 1.60. The van der Waals surface area contributed by atoms with E-state index in [1.165, 1.54) is 0 Å². The van der Waals surface area contributed by atoms with Crippen LogP contribution >= 0.6 is 23.8 Å². The van der Waals surface area contributed by atoms with E-state index in [2.05, 4.69) is 15.0 Å². The van der Waals surface area contributed by atoms with Crippen LogP contribution in [0.5, 0.6) is 0 Å². The smallest absolute Gasteiger partial charge is 0.224 e. The minimum absolute atomic E-state index is 0.229. The largest absolute Gasteiger partial charge is 0.328 e. The molecule has 0 bridgehead atoms. The monoisotopic (exact) mass is 200 g/mol. The average molecular weight is 201 g/mol. The van der Waals surface area contributed by atoms with E-state index in [0.717, 1.165) is 11.2 Å². The first kappa shape index (κ1) is 7.70. The van der Waals surface area contributed by atoms with Crippen LogP contribution in [0.3, 0.4) is 0 Å². The van der Waals surface area contributed by atoms with E-state index in [1.54, 1.807) is 10.8 Å². The summed E-state index contributed by atoms with van der Waals surface area (Å²) in [4.78, 5) is 10.8. The maximum absolute atomic E-state index is 5.62. The molecule has 0 aliphatic rings. The number of hydrogen-bond acceptors (Lipinski definition) is 3. The van der Waals surface area contributed by atoms with Gasteiger partial charge in [0, 0.05) is 7.05 Å². The predicted molar refractivity (Wildman–Crippen MR) is 48.7 cm³/mol. The predicted octanol–water partition coefficient (Wildman–Crippen LogP) is 1.68. The lowest BCUT2D eigenvalue weighted by Gasteiger charge is -1.91. The number of fused-ring (bicyclic) bond motifs is 1. The Morgan fingerprint density at radius 3 is 3.17 bits per heavy atom. The minimum atomic E-state index is 0.229. The molecule has 2 heterocycles. The maximum atomic E-state index is 5.62. The molecule has 1 N–H and O–H groups in total. The van der Waals surface area contributed by atoms with Crippen molar-refractivity contribution in [2.24, 2.45) is 7.05 Å². The second-order valence-corrected chi connectivity index (χ2v) is 3.09. The van der Waals surface area contributed by atoms with E-state index in [9.17, 15) is 0 Å². The standard InChI is InChI=1S/C6H5ClN4S/c1-11-4-3(9-6(11)12)2-8-5(7)10-4/h2H,1H3,(H,9,12). The van der Waals surface area contributed by atoms with Gasteiger partial charge in [-0.05, 0) is 23.8 Å². The second kappa shape index (κ2) is 2.53. The molecule has 0 spiro atoms. The van der Waals surface area contributed by atoms with Gasteiger partial charge in [-0.1, -0.05) is 0 Å². The van der Waals surface area contributed by atoms with Gasteiger partial charge in [-0.2, -0.15) is 4.98 Å². The molecule has 0 saturated heterocycles. The zero-order valence-electron chi connectivity index (χ0n) is 6.21.